The van der Waals surface area contributed by atoms with Crippen LogP contribution < -0.4 is 10.6 Å². The summed E-state index contributed by atoms with van der Waals surface area (Å²) in [6, 6.07) is 0. The number of Topliss-reactive ketones (excluding diaryl/α,β-unsaturated/α-hetero) is 1. The first-order valence-electron chi connectivity index (χ1n) is 9.16. The predicted octanol–water partition coefficient (Wildman–Crippen LogP) is 1.17. The van der Waals surface area contributed by atoms with E-state index in [0.29, 0.717) is 45.8 Å². The Morgan fingerprint density at radius 3 is 2.04 bits per heavy atom. The zero-order chi connectivity index (χ0) is 19.8. The maximum absolute atomic E-state index is 11.5. The van der Waals surface area contributed by atoms with Crippen LogP contribution in [0.2, 0.25) is 0 Å². The monoisotopic (exact) mass is 378 g/mol. The van der Waals surface area contributed by atoms with Crippen LogP contribution in [0.15, 0.2) is 0 Å². The van der Waals surface area contributed by atoms with Gasteiger partial charge < -0.3 is 24.8 Å². The molecule has 0 saturated carbocycles. The van der Waals surface area contributed by atoms with Crippen molar-refractivity contribution in [3.05, 3.63) is 0 Å². The minimum Gasteiger partial charge on any atom is -0.379 e. The van der Waals surface area contributed by atoms with Crippen molar-refractivity contribution in [2.24, 2.45) is 5.92 Å². The lowest BCUT2D eigenvalue weighted by atomic mass is 10.1. The summed E-state index contributed by atoms with van der Waals surface area (Å²) in [6.07, 6.45) is 0.809. The SMILES string of the molecule is CC(C)OCCC(=O)NCCOCC(=O)NCCOCCC(=O)C(C)C.[HH].[HH]. The van der Waals surface area contributed by atoms with Crippen molar-refractivity contribution >= 4 is 17.6 Å². The zero-order valence-corrected chi connectivity index (χ0v) is 16.5. The largest absolute Gasteiger partial charge is 0.379 e. The average Bonchev–Trinajstić information content (AvgIpc) is 2.56. The number of amides is 2. The summed E-state index contributed by atoms with van der Waals surface area (Å²) in [4.78, 5) is 34.4. The van der Waals surface area contributed by atoms with Crippen molar-refractivity contribution < 1.29 is 31.4 Å². The molecular formula is C18H38N2O6. The highest BCUT2D eigenvalue weighted by Gasteiger charge is 2.06. The number of nitrogens with one attached hydrogen (secondary N) is 2. The normalized spacial score (nSPS) is 11.0. The smallest absolute Gasteiger partial charge is 0.246 e. The highest BCUT2D eigenvalue weighted by Crippen LogP contribution is 1.98. The molecule has 0 atom stereocenters. The topological polar surface area (TPSA) is 103 Å². The van der Waals surface area contributed by atoms with Gasteiger partial charge in [-0.2, -0.15) is 0 Å². The molecule has 2 N–H and O–H groups in total. The third kappa shape index (κ3) is 16.0. The van der Waals surface area contributed by atoms with Crippen LogP contribution in [-0.4, -0.2) is 69.8 Å². The van der Waals surface area contributed by atoms with Gasteiger partial charge in [-0.05, 0) is 13.8 Å². The van der Waals surface area contributed by atoms with Gasteiger partial charge in [-0.25, -0.2) is 0 Å². The van der Waals surface area contributed by atoms with Crippen LogP contribution in [0.4, 0.5) is 0 Å². The van der Waals surface area contributed by atoms with E-state index in [1.165, 1.54) is 0 Å². The van der Waals surface area contributed by atoms with Gasteiger partial charge in [-0.3, -0.25) is 14.4 Å². The molecule has 0 aliphatic rings. The molecule has 0 rings (SSSR count). The van der Waals surface area contributed by atoms with Crippen molar-refractivity contribution in [1.29, 1.82) is 0 Å². The molecule has 0 heterocycles. The first-order chi connectivity index (χ1) is 12.3. The van der Waals surface area contributed by atoms with Gasteiger partial charge in [-0.1, -0.05) is 13.8 Å². The maximum atomic E-state index is 11.5. The Morgan fingerprint density at radius 2 is 1.42 bits per heavy atom. The molecule has 156 valence electrons. The van der Waals surface area contributed by atoms with E-state index in [1.54, 1.807) is 0 Å². The molecule has 0 fully saturated rings. The van der Waals surface area contributed by atoms with E-state index in [0.717, 1.165) is 0 Å². The third-order valence-corrected chi connectivity index (χ3v) is 3.29. The lowest BCUT2D eigenvalue weighted by Gasteiger charge is -2.09. The van der Waals surface area contributed by atoms with Gasteiger partial charge in [-0.15, -0.1) is 0 Å². The first kappa shape index (κ1) is 24.5. The molecule has 0 aromatic heterocycles. The van der Waals surface area contributed by atoms with Crippen molar-refractivity contribution in [1.82, 2.24) is 10.6 Å². The molecule has 0 aromatic carbocycles. The Labute approximate surface area is 159 Å². The summed E-state index contributed by atoms with van der Waals surface area (Å²) in [7, 11) is 0. The van der Waals surface area contributed by atoms with Crippen LogP contribution in [0.25, 0.3) is 0 Å². The molecule has 26 heavy (non-hydrogen) atoms. The molecule has 8 heteroatoms. The highest BCUT2D eigenvalue weighted by atomic mass is 16.5. The van der Waals surface area contributed by atoms with E-state index < -0.39 is 0 Å². The van der Waals surface area contributed by atoms with Crippen LogP contribution in [-0.2, 0) is 28.6 Å². The Morgan fingerprint density at radius 1 is 0.808 bits per heavy atom. The maximum Gasteiger partial charge on any atom is 0.246 e. The van der Waals surface area contributed by atoms with Crippen LogP contribution in [0.1, 0.15) is 43.4 Å². The number of hydrogen-bond donors (Lipinski definition) is 2. The molecule has 0 bridgehead atoms. The van der Waals surface area contributed by atoms with E-state index >= 15 is 0 Å². The minimum absolute atomic E-state index is 0. The zero-order valence-electron chi connectivity index (χ0n) is 16.5. The van der Waals surface area contributed by atoms with Gasteiger partial charge in [0.2, 0.25) is 11.8 Å². The van der Waals surface area contributed by atoms with Crippen LogP contribution in [0.3, 0.4) is 0 Å². The number of carbonyl (C=O) groups excluding carboxylic acids is 3. The average molecular weight is 379 g/mol. The van der Waals surface area contributed by atoms with Gasteiger partial charge in [0, 0.05) is 34.7 Å². The van der Waals surface area contributed by atoms with E-state index in [2.05, 4.69) is 10.6 Å². The molecule has 2 amide bonds. The Balaban J connectivity index is -0.00000312. The number of ether oxygens (including phenoxy) is 3. The summed E-state index contributed by atoms with van der Waals surface area (Å²) < 4.78 is 15.8. The van der Waals surface area contributed by atoms with Gasteiger partial charge in [0.25, 0.3) is 0 Å². The summed E-state index contributed by atoms with van der Waals surface area (Å²) in [5, 5.41) is 5.34. The fraction of sp³-hybridized carbons (Fsp3) is 0.833. The van der Waals surface area contributed by atoms with Crippen molar-refractivity contribution in [2.75, 3.05) is 46.1 Å². The van der Waals surface area contributed by atoms with Gasteiger partial charge >= 0.3 is 0 Å². The van der Waals surface area contributed by atoms with Gasteiger partial charge in [0.1, 0.15) is 12.4 Å². The van der Waals surface area contributed by atoms with Crippen LogP contribution in [0, 0.1) is 5.92 Å². The molecule has 0 aliphatic heterocycles. The van der Waals surface area contributed by atoms with Crippen LogP contribution in [0.5, 0.6) is 0 Å². The van der Waals surface area contributed by atoms with E-state index in [-0.39, 0.29) is 45.7 Å². The summed E-state index contributed by atoms with van der Waals surface area (Å²) in [6.45, 7) is 9.55. The molecule has 0 unspecified atom stereocenters. The minimum atomic E-state index is -0.247. The molecule has 0 aliphatic carbocycles. The summed E-state index contributed by atoms with van der Waals surface area (Å²) in [5.74, 6) is -0.161. The first-order valence-corrected chi connectivity index (χ1v) is 9.16. The molecular weight excluding hydrogens is 340 g/mol. The number of carbonyl (C=O) groups is 3. The standard InChI is InChI=1S/C18H34N2O6.2H2/c1-14(2)16(21)5-9-24-11-7-20-18(23)13-25-12-8-19-17(22)6-10-26-15(3)4;;/h14-15H,5-13H2,1-4H3,(H,19,22)(H,20,23);2*1H. The highest BCUT2D eigenvalue weighted by molar-refractivity contribution is 5.80. The predicted molar refractivity (Wildman–Crippen MR) is 102 cm³/mol. The Hall–Kier alpha value is -1.51. The van der Waals surface area contributed by atoms with E-state index in [1.807, 2.05) is 27.7 Å². The second-order valence-corrected chi connectivity index (χ2v) is 6.41. The third-order valence-electron chi connectivity index (χ3n) is 3.29. The fourth-order valence-corrected chi connectivity index (χ4v) is 1.78. The quantitative estimate of drug-likeness (QED) is 0.391. The molecule has 0 saturated heterocycles. The number of ketones is 1. The van der Waals surface area contributed by atoms with Gasteiger partial charge in [0.05, 0.1) is 32.5 Å². The fourth-order valence-electron chi connectivity index (χ4n) is 1.78. The molecule has 8 nitrogen and oxygen atoms in total. The Bertz CT molecular complexity index is 423. The van der Waals surface area contributed by atoms with E-state index in [9.17, 15) is 14.4 Å². The van der Waals surface area contributed by atoms with Crippen LogP contribution >= 0.6 is 0 Å². The number of rotatable bonds is 16. The lowest BCUT2D eigenvalue weighted by Crippen LogP contribution is -2.33. The lowest BCUT2D eigenvalue weighted by molar-refractivity contribution is -0.126. The van der Waals surface area contributed by atoms with Crippen molar-refractivity contribution in [2.45, 2.75) is 46.6 Å². The molecule has 0 radical (unpaired) electrons. The summed E-state index contributed by atoms with van der Waals surface area (Å²) in [5.41, 5.74) is 0. The Kier molecular flexibility index (Phi) is 14.8. The van der Waals surface area contributed by atoms with Crippen molar-refractivity contribution in [3.63, 3.8) is 0 Å². The molecule has 0 spiro atoms. The second-order valence-electron chi connectivity index (χ2n) is 6.41. The van der Waals surface area contributed by atoms with Gasteiger partial charge in [0.15, 0.2) is 0 Å². The molecule has 0 aromatic rings. The second kappa shape index (κ2) is 15.7. The number of hydrogen-bond acceptors (Lipinski definition) is 6. The van der Waals surface area contributed by atoms with E-state index in [4.69, 9.17) is 14.2 Å². The summed E-state index contributed by atoms with van der Waals surface area (Å²) >= 11 is 0. The van der Waals surface area contributed by atoms with Crippen molar-refractivity contribution in [3.8, 4) is 0 Å².